The summed E-state index contributed by atoms with van der Waals surface area (Å²) < 4.78 is 46.7. The topological polar surface area (TPSA) is 455 Å². The van der Waals surface area contributed by atoms with Gasteiger partial charge in [0.1, 0.15) is 121 Å². The average Bonchev–Trinajstić information content (AvgIpc) is 1.66. The first-order valence-electron chi connectivity index (χ1n) is 31.4. The van der Waals surface area contributed by atoms with Crippen molar-refractivity contribution < 1.29 is 120 Å². The number of aromatic nitrogens is 4. The zero-order chi connectivity index (χ0) is 67.4. The van der Waals surface area contributed by atoms with Crippen molar-refractivity contribution >= 4 is 22.1 Å². The maximum Gasteiger partial charge on any atom is 0.229 e. The van der Waals surface area contributed by atoms with E-state index in [2.05, 4.69) is 9.97 Å². The molecule has 0 amide bonds. The number of aryl methyl sites for hydroxylation is 4. The summed E-state index contributed by atoms with van der Waals surface area (Å²) in [5.74, 6) is 0.875. The Morgan fingerprint density at radius 1 is 0.281 bits per heavy atom. The van der Waals surface area contributed by atoms with Gasteiger partial charge < -0.3 is 130 Å². The molecule has 6 aliphatic heterocycles. The minimum Gasteiger partial charge on any atom is -0.462 e. The first kappa shape index (κ1) is 67.0. The molecule has 28 heteroatoms. The molecule has 8 bridgehead atoms. The van der Waals surface area contributed by atoms with E-state index in [9.17, 15) is 81.7 Å². The molecule has 4 fully saturated rings. The smallest absolute Gasteiger partial charge is 0.229 e. The molecule has 4 saturated heterocycles. The highest BCUT2D eigenvalue weighted by molar-refractivity contribution is 5.92. The summed E-state index contributed by atoms with van der Waals surface area (Å²) in [5.41, 5.74) is 10.5. The van der Waals surface area contributed by atoms with Crippen LogP contribution < -0.4 is 18.9 Å². The Kier molecular flexibility index (Phi) is 19.6. The van der Waals surface area contributed by atoms with Gasteiger partial charge in [0, 0.05) is 44.3 Å². The second-order valence-electron chi connectivity index (χ2n) is 24.4. The maximum atomic E-state index is 10.9. The van der Waals surface area contributed by atoms with Gasteiger partial charge in [0.15, 0.2) is 0 Å². The van der Waals surface area contributed by atoms with Gasteiger partial charge in [-0.25, -0.2) is 0 Å². The Bertz CT molecular complexity index is 3510. The van der Waals surface area contributed by atoms with E-state index in [1.165, 1.54) is 0 Å². The Hall–Kier alpha value is -7.60. The van der Waals surface area contributed by atoms with Crippen molar-refractivity contribution in [2.24, 2.45) is 0 Å². The number of nitrogens with zero attached hydrogens (tertiary/aromatic N) is 2. The molecule has 13 rings (SSSR count). The first-order chi connectivity index (χ1) is 46.3. The molecule has 0 spiro atoms. The van der Waals surface area contributed by atoms with E-state index in [0.29, 0.717) is 115 Å². The van der Waals surface area contributed by atoms with Crippen LogP contribution in [0.2, 0.25) is 0 Å². The quantitative estimate of drug-likeness (QED) is 0.0567. The summed E-state index contributed by atoms with van der Waals surface area (Å²) in [7, 11) is 0. The molecule has 0 aliphatic carbocycles. The van der Waals surface area contributed by atoms with Crippen molar-refractivity contribution in [3.8, 4) is 67.5 Å². The number of hydrogen-bond donors (Lipinski definition) is 18. The molecule has 0 unspecified atom stereocenters. The van der Waals surface area contributed by atoms with Crippen LogP contribution in [0.1, 0.15) is 22.8 Å². The van der Waals surface area contributed by atoms with E-state index in [1.807, 2.05) is 24.3 Å². The number of aromatic amines is 2. The van der Waals surface area contributed by atoms with Crippen LogP contribution in [0.25, 0.3) is 66.6 Å². The number of rotatable bonds is 16. The van der Waals surface area contributed by atoms with Crippen LogP contribution >= 0.6 is 0 Å². The van der Waals surface area contributed by atoms with E-state index in [-0.39, 0.29) is 23.0 Å². The van der Waals surface area contributed by atoms with Gasteiger partial charge in [-0.3, -0.25) is 9.97 Å². The Balaban J connectivity index is 0.978. The number of ether oxygens (including phenoxy) is 8. The van der Waals surface area contributed by atoms with Crippen molar-refractivity contribution in [3.05, 3.63) is 144 Å². The Morgan fingerprint density at radius 2 is 0.479 bits per heavy atom. The van der Waals surface area contributed by atoms with Crippen LogP contribution in [0.15, 0.2) is 121 Å². The molecule has 510 valence electrons. The fourth-order valence-corrected chi connectivity index (χ4v) is 13.0. The van der Waals surface area contributed by atoms with Crippen molar-refractivity contribution in [2.45, 2.75) is 149 Å². The summed E-state index contributed by atoms with van der Waals surface area (Å²) in [5, 5.41) is 167. The lowest BCUT2D eigenvalue weighted by Gasteiger charge is -2.39. The molecule has 9 heterocycles. The van der Waals surface area contributed by atoms with Gasteiger partial charge >= 0.3 is 0 Å². The third-order valence-corrected chi connectivity index (χ3v) is 18.3. The molecule has 6 aliphatic rings. The van der Waals surface area contributed by atoms with Gasteiger partial charge in [-0.1, -0.05) is 48.5 Å². The van der Waals surface area contributed by atoms with Gasteiger partial charge in [-0.05, 0) is 121 Å². The Labute approximate surface area is 546 Å². The van der Waals surface area contributed by atoms with Crippen LogP contribution in [-0.2, 0) is 44.6 Å². The fourth-order valence-electron chi connectivity index (χ4n) is 13.0. The van der Waals surface area contributed by atoms with Gasteiger partial charge in [-0.2, -0.15) is 0 Å². The molecule has 28 nitrogen and oxygen atoms in total. The van der Waals surface area contributed by atoms with Crippen LogP contribution in [0.4, 0.5) is 0 Å². The van der Waals surface area contributed by atoms with E-state index in [0.717, 1.165) is 0 Å². The lowest BCUT2D eigenvalue weighted by molar-refractivity contribution is -0.277. The molecule has 7 aromatic rings. The largest absolute Gasteiger partial charge is 0.462 e. The number of H-pyrrole nitrogens is 2. The van der Waals surface area contributed by atoms with Crippen molar-refractivity contribution in [3.63, 3.8) is 0 Å². The summed E-state index contributed by atoms with van der Waals surface area (Å²) in [6.45, 7) is -2.61. The Morgan fingerprint density at radius 3 is 0.667 bits per heavy atom. The molecule has 96 heavy (non-hydrogen) atoms. The number of hydrogen-bond acceptors (Lipinski definition) is 26. The molecule has 20 atom stereocenters. The van der Waals surface area contributed by atoms with Crippen LogP contribution in [0, 0.1) is 0 Å². The SMILES string of the molecule is OC[C@H]1O[C@@H](Oc2ccc(-c3c4nc(c(-c5ccc(O[C@@H]6O[C@H](CO)[C@H](O)[C@H](O)[C@H]6O)cc5)c5ccc([nH]5)c(-c5ccc(O[C@@H]6O[C@H](CO)[C@H](O)[C@H](O)[C@H]6O)cc5)c5nc(c(-c6ccc(O[C@@H]7O[C@H](CO)[C@H](O)[C@H](O)[C@H]7O)cc6)c6ccc3[nH]6)CC5)CC4)cc2)[C@H](O)[C@@H](O)[C@H]1O. The third-order valence-electron chi connectivity index (χ3n) is 18.3. The highest BCUT2D eigenvalue weighted by atomic mass is 16.7. The summed E-state index contributed by atoms with van der Waals surface area (Å²) in [6, 6.07) is 35.1. The monoisotopic (exact) mass is 1330 g/mol. The summed E-state index contributed by atoms with van der Waals surface area (Å²) >= 11 is 0. The first-order valence-corrected chi connectivity index (χ1v) is 31.4. The highest BCUT2D eigenvalue weighted by Crippen LogP contribution is 2.41. The summed E-state index contributed by atoms with van der Waals surface area (Å²) in [4.78, 5) is 18.3. The van der Waals surface area contributed by atoms with E-state index in [1.54, 1.807) is 97.1 Å². The number of benzene rings is 4. The van der Waals surface area contributed by atoms with Crippen LogP contribution in [0.5, 0.6) is 23.0 Å². The zero-order valence-corrected chi connectivity index (χ0v) is 51.1. The summed E-state index contributed by atoms with van der Waals surface area (Å²) in [6.07, 6.45) is -28.8. The second kappa shape index (κ2) is 28.1. The molecule has 0 saturated carbocycles. The normalized spacial score (nSPS) is 31.6. The molecular weight excluding hydrogens is 1260 g/mol. The molecule has 0 radical (unpaired) electrons. The predicted molar refractivity (Wildman–Crippen MR) is 335 cm³/mol. The predicted octanol–water partition coefficient (Wildman–Crippen LogP) is -0.732. The van der Waals surface area contributed by atoms with Crippen LogP contribution in [-0.4, -0.2) is 251 Å². The zero-order valence-electron chi connectivity index (χ0n) is 51.1. The second-order valence-corrected chi connectivity index (χ2v) is 24.4. The number of aliphatic hydroxyl groups is 16. The average molecular weight is 1330 g/mol. The third kappa shape index (κ3) is 13.0. The van der Waals surface area contributed by atoms with Gasteiger partial charge in [0.2, 0.25) is 25.2 Å². The lowest BCUT2D eigenvalue weighted by atomic mass is 9.99. The highest BCUT2D eigenvalue weighted by Gasteiger charge is 2.48. The molecule has 4 aromatic carbocycles. The van der Waals surface area contributed by atoms with E-state index in [4.69, 9.17) is 47.9 Å². The molecule has 18 N–H and O–H groups in total. The standard InChI is InChI=1S/C68H74N4O24/c73-25-45-53(77)57(81)61(85)65(93-45)89-33-9-1-29(2-10-33)49-37-17-19-39(69-37)50(30-3-11-34(12-4-30)90-66-62(86)58(82)54(78)46(26-74)94-66)41-21-23-43(71-41)52(32-7-15-36(16-8-32)92-68-64(88)60(84)56(80)48(28-76)96-68)44-24-22-42(72-44)51(40-20-18-38(49)70-40)31-5-13-35(14-6-31)91-67-63(87)59(83)55(79)47(27-75)95-67/h1-17,19,22,24,45-48,53-69,72-88H,18,20-21,23,25-28H2/t45-,46-,47-,48-,53+,54+,55+,56+,57+,58+,59+,60+,61-,62-,63-,64-,65-,66-,67-,68-/m1/s1. The minimum absolute atomic E-state index is 0.219. The van der Waals surface area contributed by atoms with Gasteiger partial charge in [0.05, 0.1) is 49.2 Å². The minimum atomic E-state index is -1.68. The fraction of sp³-hybridized carbons (Fsp3) is 0.412. The van der Waals surface area contributed by atoms with Crippen molar-refractivity contribution in [2.75, 3.05) is 26.4 Å². The molecule has 3 aromatic heterocycles. The number of fused-ring (bicyclic) bond motifs is 8. The van der Waals surface area contributed by atoms with Crippen LogP contribution in [0.3, 0.4) is 0 Å². The van der Waals surface area contributed by atoms with Crippen molar-refractivity contribution in [1.29, 1.82) is 0 Å². The maximum absolute atomic E-state index is 10.9. The van der Waals surface area contributed by atoms with Gasteiger partial charge in [0.25, 0.3) is 0 Å². The number of aliphatic hydroxyl groups excluding tert-OH is 16. The lowest BCUT2D eigenvalue weighted by Crippen LogP contribution is -2.60. The van der Waals surface area contributed by atoms with E-state index >= 15 is 0 Å². The van der Waals surface area contributed by atoms with Gasteiger partial charge in [-0.15, -0.1) is 0 Å². The number of nitrogens with one attached hydrogen (secondary N) is 2. The van der Waals surface area contributed by atoms with E-state index < -0.39 is 149 Å². The van der Waals surface area contributed by atoms with Crippen molar-refractivity contribution in [1.82, 2.24) is 19.9 Å². The molecular formula is C68H74N4O24.